The summed E-state index contributed by atoms with van der Waals surface area (Å²) < 4.78 is 54.3. The predicted octanol–water partition coefficient (Wildman–Crippen LogP) is -1.96. The van der Waals surface area contributed by atoms with Crippen molar-refractivity contribution in [3.63, 3.8) is 0 Å². The molecule has 1 aromatic rings. The zero-order chi connectivity index (χ0) is 20.0. The molecule has 3 rings (SSSR count). The summed E-state index contributed by atoms with van der Waals surface area (Å²) in [6.07, 6.45) is -4.17. The number of aliphatic hydroxyl groups excluding tert-OH is 2. The van der Waals surface area contributed by atoms with Crippen LogP contribution >= 0.6 is 7.82 Å². The van der Waals surface area contributed by atoms with E-state index < -0.39 is 55.4 Å². The van der Waals surface area contributed by atoms with Crippen molar-refractivity contribution in [1.29, 1.82) is 0 Å². The summed E-state index contributed by atoms with van der Waals surface area (Å²) in [5.41, 5.74) is 7.56. The number of hydrogen-bond donors (Lipinski definition) is 8. The number of anilines is 1. The van der Waals surface area contributed by atoms with Crippen molar-refractivity contribution in [2.45, 2.75) is 30.6 Å². The Bertz CT molecular complexity index is 846. The number of phosphoric ester groups is 1. The molecule has 0 saturated carbocycles. The SMILES string of the molecule is NC1NCNc2c(C3OC(COP(=O)(O)OS(=O)(=O)O)C(O)C3O)c[nH]c21. The van der Waals surface area contributed by atoms with Crippen molar-refractivity contribution in [3.8, 4) is 0 Å². The summed E-state index contributed by atoms with van der Waals surface area (Å²) in [5, 5.41) is 26.3. The maximum atomic E-state index is 11.4. The molecule has 6 atom stereocenters. The van der Waals surface area contributed by atoms with Crippen molar-refractivity contribution in [2.75, 3.05) is 18.6 Å². The molecule has 0 aliphatic carbocycles. The van der Waals surface area contributed by atoms with E-state index in [1.807, 2.05) is 0 Å². The zero-order valence-electron chi connectivity index (χ0n) is 13.5. The van der Waals surface area contributed by atoms with Gasteiger partial charge in [-0.25, -0.2) is 4.57 Å². The van der Waals surface area contributed by atoms with Gasteiger partial charge in [0.05, 0.1) is 30.8 Å². The van der Waals surface area contributed by atoms with Crippen molar-refractivity contribution in [1.82, 2.24) is 10.3 Å². The Morgan fingerprint density at radius 2 is 2.07 bits per heavy atom. The number of aromatic amines is 1. The van der Waals surface area contributed by atoms with Gasteiger partial charge in [0.15, 0.2) is 0 Å². The Balaban J connectivity index is 1.71. The van der Waals surface area contributed by atoms with E-state index in [4.69, 9.17) is 15.0 Å². The molecule has 154 valence electrons. The van der Waals surface area contributed by atoms with E-state index in [0.29, 0.717) is 23.6 Å². The third kappa shape index (κ3) is 4.49. The van der Waals surface area contributed by atoms with Crippen LogP contribution in [0.4, 0.5) is 5.69 Å². The summed E-state index contributed by atoms with van der Waals surface area (Å²) in [4.78, 5) is 12.2. The number of nitrogens with two attached hydrogens (primary N) is 1. The number of aliphatic hydroxyl groups is 2. The minimum absolute atomic E-state index is 0.359. The first-order valence-electron chi connectivity index (χ1n) is 7.60. The van der Waals surface area contributed by atoms with E-state index in [2.05, 4.69) is 24.1 Å². The smallest absolute Gasteiger partial charge is 0.387 e. The number of fused-ring (bicyclic) bond motifs is 1. The molecule has 0 radical (unpaired) electrons. The average molecular weight is 430 g/mol. The fraction of sp³-hybridized carbons (Fsp3) is 0.636. The van der Waals surface area contributed by atoms with Gasteiger partial charge >= 0.3 is 18.2 Å². The topological polar surface area (TPSA) is 226 Å². The Kier molecular flexibility index (Phi) is 5.64. The Morgan fingerprint density at radius 1 is 1.37 bits per heavy atom. The number of H-pyrrole nitrogens is 1. The molecule has 27 heavy (non-hydrogen) atoms. The Morgan fingerprint density at radius 3 is 2.74 bits per heavy atom. The second-order valence-electron chi connectivity index (χ2n) is 5.91. The standard InChI is InChI=1S/C11H19N4O10PS/c12-11-7-6(14-3-15-11)4(1-13-7)10-9(17)8(16)5(24-10)2-23-26(18,19)25-27(20,21)22/h1,5,8-11,13-17H,2-3,12H2,(H,18,19)(H,20,21,22). The fourth-order valence-corrected chi connectivity index (χ4v) is 4.39. The van der Waals surface area contributed by atoms with Gasteiger partial charge in [-0.2, -0.15) is 8.42 Å². The molecule has 9 N–H and O–H groups in total. The third-order valence-electron chi connectivity index (χ3n) is 4.10. The minimum Gasteiger partial charge on any atom is -0.387 e. The van der Waals surface area contributed by atoms with Crippen LogP contribution in [0.1, 0.15) is 23.5 Å². The molecule has 1 fully saturated rings. The molecule has 14 nitrogen and oxygen atoms in total. The van der Waals surface area contributed by atoms with Crippen LogP contribution in [0.15, 0.2) is 6.20 Å². The lowest BCUT2D eigenvalue weighted by molar-refractivity contribution is -0.0216. The van der Waals surface area contributed by atoms with Crippen LogP contribution in [-0.2, 0) is 28.2 Å². The Hall–Kier alpha value is -1.10. The van der Waals surface area contributed by atoms with E-state index >= 15 is 0 Å². The highest BCUT2D eigenvalue weighted by Gasteiger charge is 2.46. The van der Waals surface area contributed by atoms with Gasteiger partial charge in [0.2, 0.25) is 0 Å². The van der Waals surface area contributed by atoms with Crippen LogP contribution in [0.3, 0.4) is 0 Å². The molecule has 3 heterocycles. The number of hydrogen-bond acceptors (Lipinski definition) is 11. The lowest BCUT2D eigenvalue weighted by Crippen LogP contribution is -2.38. The first-order chi connectivity index (χ1) is 12.5. The number of phosphoric acid groups is 1. The van der Waals surface area contributed by atoms with Crippen molar-refractivity contribution in [3.05, 3.63) is 17.5 Å². The molecule has 0 spiro atoms. The molecular weight excluding hydrogens is 411 g/mol. The van der Waals surface area contributed by atoms with E-state index in [0.717, 1.165) is 0 Å². The molecule has 2 aliphatic heterocycles. The highest BCUT2D eigenvalue weighted by molar-refractivity contribution is 7.85. The van der Waals surface area contributed by atoms with Crippen LogP contribution < -0.4 is 16.4 Å². The number of nitrogens with one attached hydrogen (secondary N) is 3. The molecule has 1 aromatic heterocycles. The largest absolute Gasteiger partial charge is 0.488 e. The van der Waals surface area contributed by atoms with E-state index in [-0.39, 0.29) is 0 Å². The minimum atomic E-state index is -5.23. The summed E-state index contributed by atoms with van der Waals surface area (Å²) in [6.45, 7) is -0.434. The third-order valence-corrected chi connectivity index (χ3v) is 6.08. The Labute approximate surface area is 153 Å². The van der Waals surface area contributed by atoms with E-state index in [9.17, 15) is 28.1 Å². The molecule has 0 aromatic carbocycles. The summed E-state index contributed by atoms with van der Waals surface area (Å²) in [7, 11) is -10.4. The quantitative estimate of drug-likeness (QED) is 0.181. The first-order valence-corrected chi connectivity index (χ1v) is 10.5. The lowest BCUT2D eigenvalue weighted by Gasteiger charge is -2.24. The molecule has 2 aliphatic rings. The van der Waals surface area contributed by atoms with E-state index in [1.54, 1.807) is 0 Å². The molecule has 0 amide bonds. The van der Waals surface area contributed by atoms with Crippen molar-refractivity contribution in [2.24, 2.45) is 5.73 Å². The van der Waals surface area contributed by atoms with Gasteiger partial charge in [-0.05, 0) is 0 Å². The second-order valence-corrected chi connectivity index (χ2v) is 8.56. The van der Waals surface area contributed by atoms with Gasteiger partial charge in [0.1, 0.15) is 24.4 Å². The maximum Gasteiger partial charge on any atom is 0.488 e. The maximum absolute atomic E-state index is 11.4. The van der Waals surface area contributed by atoms with E-state index in [1.165, 1.54) is 6.20 Å². The zero-order valence-corrected chi connectivity index (χ0v) is 15.3. The van der Waals surface area contributed by atoms with Crippen LogP contribution in [0, 0.1) is 0 Å². The molecule has 16 heteroatoms. The van der Waals surface area contributed by atoms with Gasteiger partial charge in [0.25, 0.3) is 0 Å². The number of ether oxygens (including phenoxy) is 1. The average Bonchev–Trinajstić information content (AvgIpc) is 3.07. The molecule has 0 bridgehead atoms. The molecule has 1 saturated heterocycles. The van der Waals surface area contributed by atoms with Crippen LogP contribution in [0.2, 0.25) is 0 Å². The summed E-state index contributed by atoms with van der Waals surface area (Å²) >= 11 is 0. The summed E-state index contributed by atoms with van der Waals surface area (Å²) in [6, 6.07) is 0. The van der Waals surface area contributed by atoms with Crippen molar-refractivity contribution < 1.29 is 45.9 Å². The van der Waals surface area contributed by atoms with Crippen LogP contribution in [0.25, 0.3) is 0 Å². The normalized spacial score (nSPS) is 33.3. The van der Waals surface area contributed by atoms with Crippen LogP contribution in [-0.4, -0.2) is 64.6 Å². The van der Waals surface area contributed by atoms with Crippen molar-refractivity contribution >= 4 is 23.9 Å². The van der Waals surface area contributed by atoms with Gasteiger partial charge in [-0.15, -0.1) is 3.97 Å². The van der Waals surface area contributed by atoms with Crippen LogP contribution in [0.5, 0.6) is 0 Å². The number of aromatic nitrogens is 1. The monoisotopic (exact) mass is 430 g/mol. The highest BCUT2D eigenvalue weighted by atomic mass is 32.3. The molecule has 6 unspecified atom stereocenters. The lowest BCUT2D eigenvalue weighted by atomic mass is 10.0. The molecular formula is C11H19N4O10PS. The number of rotatable bonds is 6. The van der Waals surface area contributed by atoms with Gasteiger partial charge < -0.3 is 35.9 Å². The second kappa shape index (κ2) is 7.38. The summed E-state index contributed by atoms with van der Waals surface area (Å²) in [5.74, 6) is 0. The van der Waals surface area contributed by atoms with Gasteiger partial charge in [-0.3, -0.25) is 14.4 Å². The fourth-order valence-electron chi connectivity index (χ4n) is 2.93. The van der Waals surface area contributed by atoms with Gasteiger partial charge in [0, 0.05) is 11.8 Å². The van der Waals surface area contributed by atoms with Gasteiger partial charge in [-0.1, -0.05) is 0 Å². The first kappa shape index (κ1) is 20.6. The highest BCUT2D eigenvalue weighted by Crippen LogP contribution is 2.46. The predicted molar refractivity (Wildman–Crippen MR) is 87.4 cm³/mol.